The van der Waals surface area contributed by atoms with Crippen LogP contribution >= 0.6 is 11.6 Å². The van der Waals surface area contributed by atoms with Gasteiger partial charge in [0.25, 0.3) is 0 Å². The number of likely N-dealkylation sites (N-methyl/N-ethyl adjacent to an activating group) is 1. The normalized spacial score (nSPS) is 10.3. The Balaban J connectivity index is 2.00. The molecule has 0 amide bonds. The largest absolute Gasteiger partial charge is 0.495 e. The average molecular weight is 277 g/mol. The molecule has 0 atom stereocenters. The van der Waals surface area contributed by atoms with Gasteiger partial charge in [-0.25, -0.2) is 0 Å². The molecule has 0 N–H and O–H groups in total. The van der Waals surface area contributed by atoms with E-state index in [0.29, 0.717) is 10.8 Å². The van der Waals surface area contributed by atoms with Gasteiger partial charge < -0.3 is 9.64 Å². The van der Waals surface area contributed by atoms with E-state index in [1.165, 1.54) is 5.56 Å². The molecule has 0 saturated heterocycles. The summed E-state index contributed by atoms with van der Waals surface area (Å²) in [7, 11) is 3.67. The molecule has 1 heterocycles. The van der Waals surface area contributed by atoms with E-state index in [1.54, 1.807) is 7.11 Å². The maximum Gasteiger partial charge on any atom is 0.137 e. The van der Waals surface area contributed by atoms with E-state index >= 15 is 0 Å². The molecule has 0 fully saturated rings. The van der Waals surface area contributed by atoms with Crippen molar-refractivity contribution < 1.29 is 4.74 Å². The highest BCUT2D eigenvalue weighted by Crippen LogP contribution is 2.28. The van der Waals surface area contributed by atoms with Gasteiger partial charge in [-0.2, -0.15) is 0 Å². The average Bonchev–Trinajstić information content (AvgIpc) is 2.45. The smallest absolute Gasteiger partial charge is 0.137 e. The fourth-order valence-corrected chi connectivity index (χ4v) is 2.12. The lowest BCUT2D eigenvalue weighted by Gasteiger charge is -2.20. The van der Waals surface area contributed by atoms with Gasteiger partial charge in [0.15, 0.2) is 0 Å². The van der Waals surface area contributed by atoms with Gasteiger partial charge in [-0.15, -0.1) is 0 Å². The minimum absolute atomic E-state index is 0.635. The monoisotopic (exact) mass is 276 g/mol. The lowest BCUT2D eigenvalue weighted by Crippen LogP contribution is -2.20. The van der Waals surface area contributed by atoms with Crippen molar-refractivity contribution >= 4 is 17.3 Å². The molecule has 0 spiro atoms. The number of methoxy groups -OCH3 is 1. The summed E-state index contributed by atoms with van der Waals surface area (Å²) >= 11 is 6.13. The predicted octanol–water partition coefficient (Wildman–Crippen LogP) is 3.42. The van der Waals surface area contributed by atoms with E-state index in [1.807, 2.05) is 42.7 Å². The lowest BCUT2D eigenvalue weighted by atomic mass is 10.2. The Hall–Kier alpha value is -1.74. The van der Waals surface area contributed by atoms with Crippen LogP contribution < -0.4 is 9.64 Å². The zero-order valence-electron chi connectivity index (χ0n) is 11.1. The third-order valence-corrected chi connectivity index (χ3v) is 3.36. The van der Waals surface area contributed by atoms with Gasteiger partial charge in [-0.1, -0.05) is 11.6 Å². The first kappa shape index (κ1) is 13.7. The molecular weight excluding hydrogens is 260 g/mol. The van der Waals surface area contributed by atoms with Crippen LogP contribution in [0.5, 0.6) is 5.75 Å². The van der Waals surface area contributed by atoms with Gasteiger partial charge in [-0.3, -0.25) is 4.98 Å². The summed E-state index contributed by atoms with van der Waals surface area (Å²) in [6, 6.07) is 9.90. The second-order valence-corrected chi connectivity index (χ2v) is 4.75. The molecule has 0 aliphatic carbocycles. The van der Waals surface area contributed by atoms with E-state index in [2.05, 4.69) is 16.9 Å². The number of aromatic nitrogens is 1. The number of anilines is 1. The fraction of sp³-hybridized carbons (Fsp3) is 0.267. The zero-order chi connectivity index (χ0) is 13.7. The molecule has 0 saturated carbocycles. The third-order valence-electron chi connectivity index (χ3n) is 3.06. The molecule has 2 aromatic rings. The van der Waals surface area contributed by atoms with Crippen LogP contribution in [0.25, 0.3) is 0 Å². The van der Waals surface area contributed by atoms with Gasteiger partial charge >= 0.3 is 0 Å². The van der Waals surface area contributed by atoms with Crippen LogP contribution in [0.3, 0.4) is 0 Å². The second kappa shape index (κ2) is 6.43. The Kier molecular flexibility index (Phi) is 4.63. The number of pyridine rings is 1. The number of nitrogens with zero attached hydrogens (tertiary/aromatic N) is 2. The minimum Gasteiger partial charge on any atom is -0.495 e. The molecule has 3 nitrogen and oxygen atoms in total. The Labute approximate surface area is 118 Å². The Morgan fingerprint density at radius 1 is 1.21 bits per heavy atom. The van der Waals surface area contributed by atoms with E-state index in [-0.39, 0.29) is 0 Å². The first-order valence-corrected chi connectivity index (χ1v) is 6.52. The van der Waals surface area contributed by atoms with Crippen LogP contribution in [-0.2, 0) is 6.42 Å². The molecule has 0 radical (unpaired) electrons. The molecule has 2 rings (SSSR count). The number of ether oxygens (including phenoxy) is 1. The van der Waals surface area contributed by atoms with E-state index in [0.717, 1.165) is 18.7 Å². The molecule has 4 heteroatoms. The highest BCUT2D eigenvalue weighted by atomic mass is 35.5. The maximum absolute atomic E-state index is 6.13. The number of benzene rings is 1. The predicted molar refractivity (Wildman–Crippen MR) is 79.2 cm³/mol. The molecular formula is C15H17ClN2O. The van der Waals surface area contributed by atoms with Crippen molar-refractivity contribution in [3.8, 4) is 5.75 Å². The second-order valence-electron chi connectivity index (χ2n) is 4.35. The third kappa shape index (κ3) is 3.61. The fourth-order valence-electron chi connectivity index (χ4n) is 1.87. The van der Waals surface area contributed by atoms with Crippen molar-refractivity contribution in [2.45, 2.75) is 6.42 Å². The van der Waals surface area contributed by atoms with Crippen molar-refractivity contribution in [3.05, 3.63) is 53.3 Å². The lowest BCUT2D eigenvalue weighted by molar-refractivity contribution is 0.415. The van der Waals surface area contributed by atoms with Crippen molar-refractivity contribution in [1.82, 2.24) is 4.98 Å². The zero-order valence-corrected chi connectivity index (χ0v) is 11.9. The van der Waals surface area contributed by atoms with Gasteiger partial charge in [0, 0.05) is 31.7 Å². The first-order valence-electron chi connectivity index (χ1n) is 6.14. The Bertz CT molecular complexity index is 531. The SMILES string of the molecule is COc1ccc(N(C)CCc2ccncc2)cc1Cl. The quantitative estimate of drug-likeness (QED) is 0.837. The first-order chi connectivity index (χ1) is 9.20. The van der Waals surface area contributed by atoms with E-state index in [9.17, 15) is 0 Å². The van der Waals surface area contributed by atoms with Crippen LogP contribution in [-0.4, -0.2) is 25.7 Å². The summed E-state index contributed by atoms with van der Waals surface area (Å²) < 4.78 is 5.15. The van der Waals surface area contributed by atoms with Gasteiger partial charge in [0.2, 0.25) is 0 Å². The summed E-state index contributed by atoms with van der Waals surface area (Å²) in [6.07, 6.45) is 4.61. The highest BCUT2D eigenvalue weighted by Gasteiger charge is 2.05. The van der Waals surface area contributed by atoms with Crippen LogP contribution in [0.1, 0.15) is 5.56 Å². The molecule has 0 aliphatic rings. The maximum atomic E-state index is 6.13. The number of halogens is 1. The molecule has 1 aromatic carbocycles. The van der Waals surface area contributed by atoms with Crippen molar-refractivity contribution in [2.75, 3.05) is 25.6 Å². The van der Waals surface area contributed by atoms with Gasteiger partial charge in [0.1, 0.15) is 5.75 Å². The topological polar surface area (TPSA) is 25.4 Å². The number of hydrogen-bond donors (Lipinski definition) is 0. The highest BCUT2D eigenvalue weighted by molar-refractivity contribution is 6.32. The van der Waals surface area contributed by atoms with Crippen molar-refractivity contribution in [2.24, 2.45) is 0 Å². The summed E-state index contributed by atoms with van der Waals surface area (Å²) in [6.45, 7) is 0.923. The molecule has 0 aliphatic heterocycles. The molecule has 1 aromatic heterocycles. The van der Waals surface area contributed by atoms with Crippen LogP contribution in [0.15, 0.2) is 42.7 Å². The Morgan fingerprint density at radius 2 is 1.95 bits per heavy atom. The van der Waals surface area contributed by atoms with Gasteiger partial charge in [-0.05, 0) is 42.3 Å². The van der Waals surface area contributed by atoms with E-state index in [4.69, 9.17) is 16.3 Å². The van der Waals surface area contributed by atoms with Gasteiger partial charge in [0.05, 0.1) is 12.1 Å². The summed E-state index contributed by atoms with van der Waals surface area (Å²) in [5, 5.41) is 0.635. The summed E-state index contributed by atoms with van der Waals surface area (Å²) in [4.78, 5) is 6.19. The van der Waals surface area contributed by atoms with Crippen LogP contribution in [0, 0.1) is 0 Å². The summed E-state index contributed by atoms with van der Waals surface area (Å²) in [5.41, 5.74) is 2.36. The minimum atomic E-state index is 0.635. The summed E-state index contributed by atoms with van der Waals surface area (Å²) in [5.74, 6) is 0.702. The number of hydrogen-bond acceptors (Lipinski definition) is 3. The van der Waals surface area contributed by atoms with E-state index < -0.39 is 0 Å². The van der Waals surface area contributed by atoms with Crippen molar-refractivity contribution in [3.63, 3.8) is 0 Å². The Morgan fingerprint density at radius 3 is 2.58 bits per heavy atom. The van der Waals surface area contributed by atoms with Crippen LogP contribution in [0.4, 0.5) is 5.69 Å². The molecule has 0 bridgehead atoms. The standard InChI is InChI=1S/C15H17ClN2O/c1-18(10-7-12-5-8-17-9-6-12)13-3-4-15(19-2)14(16)11-13/h3-6,8-9,11H,7,10H2,1-2H3. The van der Waals surface area contributed by atoms with Crippen molar-refractivity contribution in [1.29, 1.82) is 0 Å². The molecule has 19 heavy (non-hydrogen) atoms. The van der Waals surface area contributed by atoms with Crippen LogP contribution in [0.2, 0.25) is 5.02 Å². The molecule has 100 valence electrons. The molecule has 0 unspecified atom stereocenters. The number of rotatable bonds is 5.